The van der Waals surface area contributed by atoms with Crippen LogP contribution in [0.5, 0.6) is 0 Å². The van der Waals surface area contributed by atoms with Crippen molar-refractivity contribution in [2.75, 3.05) is 19.9 Å². The van der Waals surface area contributed by atoms with Crippen LogP contribution < -0.4 is 0 Å². The minimum Gasteiger partial charge on any atom is -0.396 e. The molecule has 0 heterocycles. The van der Waals surface area contributed by atoms with Gasteiger partial charge in [0.25, 0.3) is 0 Å². The molecule has 8 heavy (non-hydrogen) atoms. The third-order valence-electron chi connectivity index (χ3n) is 0.576. The second-order valence-corrected chi connectivity index (χ2v) is 2.49. The highest BCUT2D eigenvalue weighted by atomic mass is 31.1. The molecule has 1 atom stereocenters. The van der Waals surface area contributed by atoms with Crippen molar-refractivity contribution < 1.29 is 14.2 Å². The quantitative estimate of drug-likeness (QED) is 0.459. The molecule has 0 spiro atoms. The number of aliphatic hydroxyl groups is 1. The molecule has 48 valence electrons. The maximum Gasteiger partial charge on any atom is 0.504 e. The van der Waals surface area contributed by atoms with Crippen LogP contribution in [0.3, 0.4) is 0 Å². The molecule has 0 aliphatic heterocycles. The summed E-state index contributed by atoms with van der Waals surface area (Å²) in [5.41, 5.74) is 0. The van der Waals surface area contributed by atoms with Crippen molar-refractivity contribution in [3.05, 3.63) is 0 Å². The molecule has 0 saturated heterocycles. The molecule has 3 nitrogen and oxygen atoms in total. The molecule has 0 aliphatic rings. The van der Waals surface area contributed by atoms with Crippen LogP contribution in [0.4, 0.5) is 0 Å². The molecule has 0 fully saturated rings. The molecule has 1 unspecified atom stereocenters. The Bertz CT molecular complexity index is 73.7. The van der Waals surface area contributed by atoms with E-state index in [1.807, 2.05) is 0 Å². The highest BCUT2D eigenvalue weighted by molar-refractivity contribution is 7.38. The summed E-state index contributed by atoms with van der Waals surface area (Å²) in [4.78, 5) is 0. The number of hydrogen-bond acceptors (Lipinski definition) is 3. The monoisotopic (exact) mass is 137 g/mol. The first kappa shape index (κ1) is 8.02. The zero-order chi connectivity index (χ0) is 6.41. The smallest absolute Gasteiger partial charge is 0.396 e. The van der Waals surface area contributed by atoms with Gasteiger partial charge in [-0.05, 0) is 11.0 Å². The first-order valence-corrected chi connectivity index (χ1v) is 4.04. The van der Waals surface area contributed by atoms with E-state index in [0.717, 1.165) is 0 Å². The predicted octanol–water partition coefficient (Wildman–Crippen LogP) is 0.758. The molecule has 0 rings (SSSR count). The average Bonchev–Trinajstić information content (AvgIpc) is 1.66. The summed E-state index contributed by atoms with van der Waals surface area (Å²) in [7, 11) is -1.47. The molecule has 0 aromatic heterocycles. The second-order valence-electron chi connectivity index (χ2n) is 1.35. The fourth-order valence-electron chi connectivity index (χ4n) is 0.258. The first-order chi connectivity index (χ1) is 3.77. The van der Waals surface area contributed by atoms with E-state index >= 15 is 0 Å². The molecule has 1 N–H and O–H groups in total. The van der Waals surface area contributed by atoms with Crippen molar-refractivity contribution in [3.8, 4) is 0 Å². The van der Waals surface area contributed by atoms with E-state index in [-0.39, 0.29) is 6.61 Å². The SMILES string of the molecule is C[P+](=O)OCCCO. The van der Waals surface area contributed by atoms with Crippen LogP contribution in [-0.2, 0) is 9.09 Å². The first-order valence-electron chi connectivity index (χ1n) is 2.42. The normalized spacial score (nSPS) is 11.5. The van der Waals surface area contributed by atoms with Crippen molar-refractivity contribution in [2.45, 2.75) is 6.42 Å². The summed E-state index contributed by atoms with van der Waals surface area (Å²) in [6.07, 6.45) is 0.564. The van der Waals surface area contributed by atoms with E-state index < -0.39 is 8.03 Å². The molecular formula is C4H10O3P+. The van der Waals surface area contributed by atoms with Crippen LogP contribution >= 0.6 is 8.03 Å². The Hall–Kier alpha value is 0.0200. The van der Waals surface area contributed by atoms with Crippen molar-refractivity contribution in [3.63, 3.8) is 0 Å². The lowest BCUT2D eigenvalue weighted by molar-refractivity contribution is 0.240. The topological polar surface area (TPSA) is 46.5 Å². The summed E-state index contributed by atoms with van der Waals surface area (Å²) in [6, 6.07) is 0. The summed E-state index contributed by atoms with van der Waals surface area (Å²) in [6.45, 7) is 1.98. The maximum atomic E-state index is 10.2. The zero-order valence-electron chi connectivity index (χ0n) is 4.83. The lowest BCUT2D eigenvalue weighted by atomic mass is 10.5. The third-order valence-corrected chi connectivity index (χ3v) is 1.12. The van der Waals surface area contributed by atoms with Gasteiger partial charge in [-0.1, -0.05) is 0 Å². The summed E-state index contributed by atoms with van der Waals surface area (Å²) in [5, 5.41) is 8.20. The predicted molar refractivity (Wildman–Crippen MR) is 31.2 cm³/mol. The van der Waals surface area contributed by atoms with Gasteiger partial charge in [-0.15, -0.1) is 4.52 Å². The maximum absolute atomic E-state index is 10.2. The van der Waals surface area contributed by atoms with Gasteiger partial charge in [0.05, 0.1) is 0 Å². The Balaban J connectivity index is 2.82. The van der Waals surface area contributed by atoms with E-state index in [9.17, 15) is 4.57 Å². The molecule has 0 radical (unpaired) electrons. The van der Waals surface area contributed by atoms with Crippen LogP contribution in [0, 0.1) is 0 Å². The minimum absolute atomic E-state index is 0.100. The van der Waals surface area contributed by atoms with Crippen molar-refractivity contribution in [2.24, 2.45) is 0 Å². The molecule has 0 aromatic rings. The van der Waals surface area contributed by atoms with Crippen LogP contribution in [-0.4, -0.2) is 25.0 Å². The summed E-state index contributed by atoms with van der Waals surface area (Å²) >= 11 is 0. The van der Waals surface area contributed by atoms with Gasteiger partial charge in [0.15, 0.2) is 6.66 Å². The third kappa shape index (κ3) is 6.02. The van der Waals surface area contributed by atoms with Gasteiger partial charge in [-0.25, -0.2) is 0 Å². The van der Waals surface area contributed by atoms with Gasteiger partial charge in [-0.3, -0.25) is 0 Å². The number of aliphatic hydroxyl groups excluding tert-OH is 1. The van der Waals surface area contributed by atoms with E-state index in [1.165, 1.54) is 6.66 Å². The minimum atomic E-state index is -1.47. The highest BCUT2D eigenvalue weighted by Crippen LogP contribution is 2.14. The molecule has 0 amide bonds. The van der Waals surface area contributed by atoms with E-state index in [1.54, 1.807) is 0 Å². The molecule has 0 aromatic carbocycles. The van der Waals surface area contributed by atoms with Gasteiger partial charge in [-0.2, -0.15) is 0 Å². The Morgan fingerprint density at radius 1 is 1.75 bits per heavy atom. The van der Waals surface area contributed by atoms with Gasteiger partial charge in [0.2, 0.25) is 0 Å². The molecule has 0 aliphatic carbocycles. The number of hydrogen-bond donors (Lipinski definition) is 1. The van der Waals surface area contributed by atoms with Crippen molar-refractivity contribution in [1.82, 2.24) is 0 Å². The highest BCUT2D eigenvalue weighted by Gasteiger charge is 2.03. The fourth-order valence-corrected chi connectivity index (χ4v) is 0.644. The van der Waals surface area contributed by atoms with Crippen LogP contribution in [0.1, 0.15) is 6.42 Å². The van der Waals surface area contributed by atoms with Crippen LogP contribution in [0.25, 0.3) is 0 Å². The van der Waals surface area contributed by atoms with Crippen LogP contribution in [0.15, 0.2) is 0 Å². The lowest BCUT2D eigenvalue weighted by Crippen LogP contribution is -1.89. The van der Waals surface area contributed by atoms with Gasteiger partial charge < -0.3 is 5.11 Å². The molecular weight excluding hydrogens is 127 g/mol. The second kappa shape index (κ2) is 5.16. The molecule has 0 saturated carbocycles. The molecule has 4 heteroatoms. The van der Waals surface area contributed by atoms with Gasteiger partial charge in [0, 0.05) is 6.61 Å². The Morgan fingerprint density at radius 3 is 2.75 bits per heavy atom. The van der Waals surface area contributed by atoms with E-state index in [2.05, 4.69) is 4.52 Å². The van der Waals surface area contributed by atoms with Crippen molar-refractivity contribution >= 4 is 8.03 Å². The Kier molecular flexibility index (Phi) is 5.18. The molecule has 0 bridgehead atoms. The number of rotatable bonds is 4. The standard InChI is InChI=1S/C4H10O3P/c1-8(6)7-4-2-3-5/h5H,2-4H2,1H3/q+1. The summed E-state index contributed by atoms with van der Waals surface area (Å²) in [5.74, 6) is 0. The Morgan fingerprint density at radius 2 is 2.38 bits per heavy atom. The van der Waals surface area contributed by atoms with Crippen LogP contribution in [0.2, 0.25) is 0 Å². The zero-order valence-corrected chi connectivity index (χ0v) is 5.73. The summed E-state index contributed by atoms with van der Waals surface area (Å²) < 4.78 is 14.8. The Labute approximate surface area is 49.5 Å². The largest absolute Gasteiger partial charge is 0.504 e. The lowest BCUT2D eigenvalue weighted by Gasteiger charge is -1.84. The van der Waals surface area contributed by atoms with Gasteiger partial charge >= 0.3 is 8.03 Å². The van der Waals surface area contributed by atoms with E-state index in [4.69, 9.17) is 5.11 Å². The fraction of sp³-hybridized carbons (Fsp3) is 1.00. The average molecular weight is 137 g/mol. The van der Waals surface area contributed by atoms with Crippen molar-refractivity contribution in [1.29, 1.82) is 0 Å². The van der Waals surface area contributed by atoms with Gasteiger partial charge in [0.1, 0.15) is 6.61 Å². The van der Waals surface area contributed by atoms with E-state index in [0.29, 0.717) is 13.0 Å².